The lowest BCUT2D eigenvalue weighted by molar-refractivity contribution is -0.113. The van der Waals surface area contributed by atoms with Crippen LogP contribution >= 0.6 is 0 Å². The molecule has 0 bridgehead atoms. The van der Waals surface area contributed by atoms with Gasteiger partial charge >= 0.3 is 0 Å². The molecule has 1 aliphatic carbocycles. The average Bonchev–Trinajstić information content (AvgIpc) is 2.33. The summed E-state index contributed by atoms with van der Waals surface area (Å²) in [6.07, 6.45) is 13.4. The normalized spacial score (nSPS) is 24.2. The zero-order chi connectivity index (χ0) is 15.1. The van der Waals surface area contributed by atoms with Crippen LogP contribution < -0.4 is 0 Å². The maximum Gasteiger partial charge on any atom is 0.185 e. The van der Waals surface area contributed by atoms with Gasteiger partial charge in [0.1, 0.15) is 0 Å². The Balaban J connectivity index is 2.87. The molecule has 0 atom stereocenters. The molecular formula is C17H26N2O. The quantitative estimate of drug-likeness (QED) is 0.736. The zero-order valence-corrected chi connectivity index (χ0v) is 13.3. The minimum Gasteiger partial charge on any atom is -0.383 e. The van der Waals surface area contributed by atoms with E-state index < -0.39 is 0 Å². The Bertz CT molecular complexity index is 414. The third-order valence-electron chi connectivity index (χ3n) is 3.08. The summed E-state index contributed by atoms with van der Waals surface area (Å²) in [7, 11) is 7.88. The number of hydrogen-bond donors (Lipinski definition) is 0. The lowest BCUT2D eigenvalue weighted by atomic mass is 9.82. The van der Waals surface area contributed by atoms with Gasteiger partial charge in [0.2, 0.25) is 0 Å². The van der Waals surface area contributed by atoms with Crippen LogP contribution in [0.2, 0.25) is 0 Å². The second-order valence-corrected chi connectivity index (χ2v) is 5.84. The van der Waals surface area contributed by atoms with Crippen LogP contribution in [-0.4, -0.2) is 43.8 Å². The predicted octanol–water partition coefficient (Wildman–Crippen LogP) is 2.99. The maximum atomic E-state index is 12.4. The molecule has 0 aromatic heterocycles. The third-order valence-corrected chi connectivity index (χ3v) is 3.08. The molecule has 3 nitrogen and oxygen atoms in total. The molecule has 3 heteroatoms. The number of ketones is 1. The molecule has 0 radical (unpaired) electrons. The van der Waals surface area contributed by atoms with Crippen molar-refractivity contribution >= 4 is 5.78 Å². The van der Waals surface area contributed by atoms with Gasteiger partial charge in [0.25, 0.3) is 0 Å². The van der Waals surface area contributed by atoms with Crippen LogP contribution in [0.15, 0.2) is 47.9 Å². The van der Waals surface area contributed by atoms with Crippen LogP contribution in [0.25, 0.3) is 0 Å². The fourth-order valence-electron chi connectivity index (χ4n) is 2.16. The fraction of sp³-hybridized carbons (Fsp3) is 0.471. The molecule has 0 amide bonds. The van der Waals surface area contributed by atoms with Crippen molar-refractivity contribution in [2.24, 2.45) is 5.92 Å². The standard InChI is InChI=1S/C17H26N2O/c1-14-12-15(8-6-10-18(2)3)17(20)16(13-14)9-7-11-19(4)5/h6-11,14H,12-13H2,1-5H3/b10-6+,11-7+,15-8+,16-9+. The number of Topliss-reactive ketones (excluding diaryl/α,β-unsaturated/α-hetero) is 1. The summed E-state index contributed by atoms with van der Waals surface area (Å²) in [5, 5.41) is 0. The van der Waals surface area contributed by atoms with E-state index in [1.54, 1.807) is 0 Å². The Morgan fingerprint density at radius 3 is 1.65 bits per heavy atom. The smallest absolute Gasteiger partial charge is 0.185 e. The molecule has 0 aromatic rings. The second-order valence-electron chi connectivity index (χ2n) is 5.84. The van der Waals surface area contributed by atoms with Crippen molar-refractivity contribution in [2.45, 2.75) is 19.8 Å². The molecule has 0 aliphatic heterocycles. The van der Waals surface area contributed by atoms with Gasteiger partial charge in [0, 0.05) is 39.3 Å². The number of rotatable bonds is 4. The number of carbonyl (C=O) groups excluding carboxylic acids is 1. The van der Waals surface area contributed by atoms with Gasteiger partial charge in [-0.05, 0) is 43.3 Å². The van der Waals surface area contributed by atoms with Crippen LogP contribution in [0.3, 0.4) is 0 Å². The second kappa shape index (κ2) is 7.73. The predicted molar refractivity (Wildman–Crippen MR) is 85.2 cm³/mol. The first-order valence-corrected chi connectivity index (χ1v) is 7.02. The SMILES string of the molecule is CC1C/C(=C\C=C\N(C)C)C(=O)/C(=C/C=C/N(C)C)C1. The van der Waals surface area contributed by atoms with Crippen molar-refractivity contribution in [2.75, 3.05) is 28.2 Å². The van der Waals surface area contributed by atoms with Gasteiger partial charge in [-0.15, -0.1) is 0 Å². The van der Waals surface area contributed by atoms with Crippen LogP contribution in [-0.2, 0) is 4.79 Å². The van der Waals surface area contributed by atoms with E-state index in [-0.39, 0.29) is 5.78 Å². The topological polar surface area (TPSA) is 23.6 Å². The highest BCUT2D eigenvalue weighted by Crippen LogP contribution is 2.29. The highest BCUT2D eigenvalue weighted by atomic mass is 16.1. The summed E-state index contributed by atoms with van der Waals surface area (Å²) in [6.45, 7) is 2.19. The average molecular weight is 274 g/mol. The van der Waals surface area contributed by atoms with Crippen molar-refractivity contribution in [1.29, 1.82) is 0 Å². The molecular weight excluding hydrogens is 248 g/mol. The Hall–Kier alpha value is -1.77. The zero-order valence-electron chi connectivity index (χ0n) is 13.3. The highest BCUT2D eigenvalue weighted by molar-refractivity contribution is 6.09. The summed E-state index contributed by atoms with van der Waals surface area (Å²) < 4.78 is 0. The molecule has 0 heterocycles. The lowest BCUT2D eigenvalue weighted by Crippen LogP contribution is -2.18. The van der Waals surface area contributed by atoms with Crippen molar-refractivity contribution in [3.63, 3.8) is 0 Å². The van der Waals surface area contributed by atoms with Gasteiger partial charge in [-0.3, -0.25) is 4.79 Å². The molecule has 0 N–H and O–H groups in total. The minimum absolute atomic E-state index is 0.190. The number of nitrogens with zero attached hydrogens (tertiary/aromatic N) is 2. The summed E-state index contributed by atoms with van der Waals surface area (Å²) in [5.41, 5.74) is 1.82. The van der Waals surface area contributed by atoms with Crippen LogP contribution in [0, 0.1) is 5.92 Å². The van der Waals surface area contributed by atoms with E-state index in [9.17, 15) is 4.79 Å². The third kappa shape index (κ3) is 5.47. The van der Waals surface area contributed by atoms with Gasteiger partial charge in [-0.2, -0.15) is 0 Å². The summed E-state index contributed by atoms with van der Waals surface area (Å²) in [6, 6.07) is 0. The molecule has 1 aliphatic rings. The van der Waals surface area contributed by atoms with E-state index in [0.717, 1.165) is 24.0 Å². The van der Waals surface area contributed by atoms with Crippen molar-refractivity contribution in [3.05, 3.63) is 47.9 Å². The highest BCUT2D eigenvalue weighted by Gasteiger charge is 2.24. The molecule has 1 rings (SSSR count). The van der Waals surface area contributed by atoms with E-state index in [2.05, 4.69) is 6.92 Å². The molecule has 20 heavy (non-hydrogen) atoms. The van der Waals surface area contributed by atoms with Crippen LogP contribution in [0.4, 0.5) is 0 Å². The van der Waals surface area contributed by atoms with Crippen molar-refractivity contribution < 1.29 is 4.79 Å². The van der Waals surface area contributed by atoms with Crippen LogP contribution in [0.1, 0.15) is 19.8 Å². The van der Waals surface area contributed by atoms with Crippen molar-refractivity contribution in [3.8, 4) is 0 Å². The van der Waals surface area contributed by atoms with E-state index >= 15 is 0 Å². The van der Waals surface area contributed by atoms with Gasteiger partial charge < -0.3 is 9.80 Å². The molecule has 0 saturated heterocycles. The number of hydrogen-bond acceptors (Lipinski definition) is 3. The van der Waals surface area contributed by atoms with Crippen LogP contribution in [0.5, 0.6) is 0 Å². The maximum absolute atomic E-state index is 12.4. The van der Waals surface area contributed by atoms with Crippen molar-refractivity contribution in [1.82, 2.24) is 9.80 Å². The van der Waals surface area contributed by atoms with Gasteiger partial charge in [-0.1, -0.05) is 19.1 Å². The first kappa shape index (κ1) is 16.3. The van der Waals surface area contributed by atoms with E-state index in [1.807, 2.05) is 74.7 Å². The first-order chi connectivity index (χ1) is 9.40. The van der Waals surface area contributed by atoms with E-state index in [1.165, 1.54) is 0 Å². The van der Waals surface area contributed by atoms with E-state index in [0.29, 0.717) is 5.92 Å². The van der Waals surface area contributed by atoms with E-state index in [4.69, 9.17) is 0 Å². The summed E-state index contributed by atoms with van der Waals surface area (Å²) in [4.78, 5) is 16.3. The first-order valence-electron chi connectivity index (χ1n) is 7.02. The molecule has 0 spiro atoms. The Kier molecular flexibility index (Phi) is 6.29. The monoisotopic (exact) mass is 274 g/mol. The Morgan fingerprint density at radius 1 is 0.900 bits per heavy atom. The largest absolute Gasteiger partial charge is 0.383 e. The number of carbonyl (C=O) groups is 1. The minimum atomic E-state index is 0.190. The fourth-order valence-corrected chi connectivity index (χ4v) is 2.16. The molecule has 0 unspecified atom stereocenters. The van der Waals surface area contributed by atoms with Gasteiger partial charge in [0.15, 0.2) is 5.78 Å². The molecule has 1 saturated carbocycles. The Morgan fingerprint density at radius 2 is 1.30 bits per heavy atom. The molecule has 0 aromatic carbocycles. The molecule has 110 valence electrons. The lowest BCUT2D eigenvalue weighted by Gasteiger charge is -2.22. The summed E-state index contributed by atoms with van der Waals surface area (Å²) >= 11 is 0. The molecule has 1 fully saturated rings. The summed E-state index contributed by atoms with van der Waals surface area (Å²) in [5.74, 6) is 0.709. The number of allylic oxidation sites excluding steroid dienone is 6. The van der Waals surface area contributed by atoms with Gasteiger partial charge in [0.05, 0.1) is 0 Å². The Labute approximate surface area is 122 Å². The van der Waals surface area contributed by atoms with Gasteiger partial charge in [-0.25, -0.2) is 0 Å².